The van der Waals surface area contributed by atoms with E-state index in [1.807, 2.05) is 20.8 Å². The topological polar surface area (TPSA) is 84.6 Å². The molecule has 2 rings (SSSR count). The number of hydrogen-bond donors (Lipinski definition) is 2. The maximum absolute atomic E-state index is 10.9. The average molecular weight is 294 g/mol. The number of ether oxygens (including phenoxy) is 1. The van der Waals surface area contributed by atoms with Gasteiger partial charge in [0, 0.05) is 41.4 Å². The molecule has 0 bridgehead atoms. The Morgan fingerprint density at radius 2 is 2.24 bits per heavy atom. The van der Waals surface area contributed by atoms with Crippen LogP contribution in [0.2, 0.25) is 0 Å². The van der Waals surface area contributed by atoms with Crippen LogP contribution in [0.4, 0.5) is 11.4 Å². The van der Waals surface area contributed by atoms with Crippen LogP contribution in [0, 0.1) is 15.5 Å². The smallest absolute Gasteiger partial charge is 0.269 e. The molecule has 0 spiro atoms. The fourth-order valence-electron chi connectivity index (χ4n) is 2.63. The highest BCUT2D eigenvalue weighted by Gasteiger charge is 2.36. The highest BCUT2D eigenvalue weighted by atomic mass is 16.6. The molecule has 1 aliphatic heterocycles. The molecule has 6 nitrogen and oxygen atoms in total. The lowest BCUT2D eigenvalue weighted by Crippen LogP contribution is -2.43. The number of nitro benzene ring substituents is 1. The second-order valence-electron chi connectivity index (χ2n) is 6.05. The molecule has 0 aromatic heterocycles. The van der Waals surface area contributed by atoms with Crippen molar-refractivity contribution in [3.05, 3.63) is 33.9 Å². The molecule has 1 heterocycles. The lowest BCUT2D eigenvalue weighted by atomic mass is 9.78. The van der Waals surface area contributed by atoms with Gasteiger partial charge in [0.2, 0.25) is 0 Å². The molecule has 116 valence electrons. The molecule has 2 atom stereocenters. The van der Waals surface area contributed by atoms with Crippen molar-refractivity contribution >= 4 is 11.4 Å². The quantitative estimate of drug-likeness (QED) is 0.644. The van der Waals surface area contributed by atoms with Gasteiger partial charge >= 0.3 is 0 Å². The first kappa shape index (κ1) is 15.7. The van der Waals surface area contributed by atoms with E-state index in [1.165, 1.54) is 6.07 Å². The number of aliphatic hydroxyl groups is 1. The predicted molar refractivity (Wildman–Crippen MR) is 80.4 cm³/mol. The van der Waals surface area contributed by atoms with Crippen molar-refractivity contribution in [2.24, 2.45) is 5.41 Å². The van der Waals surface area contributed by atoms with Crippen molar-refractivity contribution in [2.75, 3.05) is 18.5 Å². The van der Waals surface area contributed by atoms with Gasteiger partial charge in [-0.3, -0.25) is 10.1 Å². The summed E-state index contributed by atoms with van der Waals surface area (Å²) >= 11 is 0. The zero-order valence-electron chi connectivity index (χ0n) is 12.6. The van der Waals surface area contributed by atoms with E-state index >= 15 is 0 Å². The zero-order valence-corrected chi connectivity index (χ0v) is 12.6. The van der Waals surface area contributed by atoms with Gasteiger partial charge in [0.25, 0.3) is 5.69 Å². The number of aliphatic hydroxyl groups excluding tert-OH is 1. The minimum atomic E-state index is -0.396. The predicted octanol–water partition coefficient (Wildman–Crippen LogP) is 2.88. The van der Waals surface area contributed by atoms with E-state index in [0.29, 0.717) is 13.0 Å². The van der Waals surface area contributed by atoms with E-state index in [2.05, 4.69) is 5.32 Å². The molecule has 0 saturated carbocycles. The maximum Gasteiger partial charge on any atom is 0.269 e. The number of rotatable bonds is 5. The molecule has 0 amide bonds. The van der Waals surface area contributed by atoms with Crippen LogP contribution in [0.5, 0.6) is 0 Å². The molecule has 0 radical (unpaired) electrons. The summed E-state index contributed by atoms with van der Waals surface area (Å²) in [5, 5.41) is 23.9. The summed E-state index contributed by atoms with van der Waals surface area (Å²) in [6, 6.07) is 4.83. The minimum Gasteiger partial charge on any atom is -0.396 e. The first-order valence-corrected chi connectivity index (χ1v) is 7.16. The van der Waals surface area contributed by atoms with Gasteiger partial charge in [0.05, 0.1) is 17.6 Å². The number of benzene rings is 1. The van der Waals surface area contributed by atoms with Gasteiger partial charge in [0.15, 0.2) is 0 Å². The normalized spacial score (nSPS) is 21.5. The molecule has 1 aromatic rings. The van der Waals surface area contributed by atoms with Crippen LogP contribution < -0.4 is 5.32 Å². The Balaban J connectivity index is 2.38. The first-order valence-electron chi connectivity index (χ1n) is 7.16. The van der Waals surface area contributed by atoms with Crippen molar-refractivity contribution in [3.63, 3.8) is 0 Å². The summed E-state index contributed by atoms with van der Waals surface area (Å²) in [6.45, 7) is 6.49. The van der Waals surface area contributed by atoms with Crippen molar-refractivity contribution < 1.29 is 14.8 Å². The van der Waals surface area contributed by atoms with E-state index in [-0.39, 0.29) is 29.9 Å². The molecule has 0 saturated heterocycles. The van der Waals surface area contributed by atoms with Crippen molar-refractivity contribution in [1.82, 2.24) is 0 Å². The highest BCUT2D eigenvalue weighted by molar-refractivity contribution is 5.59. The number of nitrogens with zero attached hydrogens (tertiary/aromatic N) is 1. The Kier molecular flexibility index (Phi) is 4.49. The Labute approximate surface area is 124 Å². The second kappa shape index (κ2) is 5.99. The molecule has 6 heteroatoms. The SMILES string of the molecule is CCO[C@H]1C[C@@H](C(C)(C)CO)Nc2ccc([N+](=O)[O-])cc21. The second-order valence-corrected chi connectivity index (χ2v) is 6.05. The highest BCUT2D eigenvalue weighted by Crippen LogP contribution is 2.41. The summed E-state index contributed by atoms with van der Waals surface area (Å²) in [4.78, 5) is 10.5. The Morgan fingerprint density at radius 1 is 1.52 bits per heavy atom. The third-order valence-electron chi connectivity index (χ3n) is 4.09. The summed E-state index contributed by atoms with van der Waals surface area (Å²) in [6.07, 6.45) is 0.484. The number of hydrogen-bond acceptors (Lipinski definition) is 5. The first-order chi connectivity index (χ1) is 9.89. The lowest BCUT2D eigenvalue weighted by Gasteiger charge is -2.40. The Morgan fingerprint density at radius 3 is 2.81 bits per heavy atom. The molecule has 2 N–H and O–H groups in total. The minimum absolute atomic E-state index is 0.0491. The van der Waals surface area contributed by atoms with E-state index in [1.54, 1.807) is 12.1 Å². The van der Waals surface area contributed by atoms with E-state index in [4.69, 9.17) is 4.74 Å². The van der Waals surface area contributed by atoms with Gasteiger partial charge in [-0.15, -0.1) is 0 Å². The van der Waals surface area contributed by atoms with Crippen LogP contribution in [0.25, 0.3) is 0 Å². The molecule has 0 unspecified atom stereocenters. The lowest BCUT2D eigenvalue weighted by molar-refractivity contribution is -0.385. The van der Waals surface area contributed by atoms with Crippen LogP contribution in [0.15, 0.2) is 18.2 Å². The third-order valence-corrected chi connectivity index (χ3v) is 4.09. The molecular weight excluding hydrogens is 272 g/mol. The van der Waals surface area contributed by atoms with Gasteiger partial charge < -0.3 is 15.2 Å². The van der Waals surface area contributed by atoms with Crippen LogP contribution in [-0.2, 0) is 4.74 Å². The van der Waals surface area contributed by atoms with Gasteiger partial charge in [-0.25, -0.2) is 0 Å². The van der Waals surface area contributed by atoms with Gasteiger partial charge in [-0.05, 0) is 19.4 Å². The Hall–Kier alpha value is -1.66. The monoisotopic (exact) mass is 294 g/mol. The summed E-state index contributed by atoms with van der Waals surface area (Å²) in [5.41, 5.74) is 1.43. The van der Waals surface area contributed by atoms with Crippen molar-refractivity contribution in [3.8, 4) is 0 Å². The standard InChI is InChI=1S/C15H22N2O4/c1-4-21-13-8-14(15(2,3)9-18)16-12-6-5-10(17(19)20)7-11(12)13/h5-7,13-14,16,18H,4,8-9H2,1-3H3/t13-,14-/m0/s1. The van der Waals surface area contributed by atoms with E-state index in [9.17, 15) is 15.2 Å². The number of non-ortho nitro benzene ring substituents is 1. The number of nitrogens with one attached hydrogen (secondary N) is 1. The van der Waals surface area contributed by atoms with Crippen molar-refractivity contribution in [1.29, 1.82) is 0 Å². The number of anilines is 1. The van der Waals surface area contributed by atoms with E-state index in [0.717, 1.165) is 11.3 Å². The fourth-order valence-corrected chi connectivity index (χ4v) is 2.63. The van der Waals surface area contributed by atoms with Crippen LogP contribution in [0.3, 0.4) is 0 Å². The molecule has 0 fully saturated rings. The van der Waals surface area contributed by atoms with Crippen LogP contribution >= 0.6 is 0 Å². The van der Waals surface area contributed by atoms with Gasteiger partial charge in [-0.2, -0.15) is 0 Å². The summed E-state index contributed by atoms with van der Waals surface area (Å²) in [7, 11) is 0. The van der Waals surface area contributed by atoms with E-state index < -0.39 is 4.92 Å². The fraction of sp³-hybridized carbons (Fsp3) is 0.600. The molecule has 21 heavy (non-hydrogen) atoms. The zero-order chi connectivity index (χ0) is 15.6. The number of fused-ring (bicyclic) bond motifs is 1. The third kappa shape index (κ3) is 3.16. The van der Waals surface area contributed by atoms with Gasteiger partial charge in [-0.1, -0.05) is 13.8 Å². The van der Waals surface area contributed by atoms with Gasteiger partial charge in [0.1, 0.15) is 0 Å². The molecule has 1 aliphatic rings. The van der Waals surface area contributed by atoms with Crippen LogP contribution in [-0.4, -0.2) is 29.3 Å². The summed E-state index contributed by atoms with van der Waals surface area (Å²) < 4.78 is 5.77. The maximum atomic E-state index is 10.9. The molecule has 1 aromatic carbocycles. The Bertz CT molecular complexity index is 530. The number of nitro groups is 1. The largest absolute Gasteiger partial charge is 0.396 e. The van der Waals surface area contributed by atoms with Crippen molar-refractivity contribution in [2.45, 2.75) is 39.3 Å². The average Bonchev–Trinajstić information content (AvgIpc) is 2.46. The van der Waals surface area contributed by atoms with Crippen LogP contribution in [0.1, 0.15) is 38.9 Å². The summed E-state index contributed by atoms with van der Waals surface area (Å²) in [5.74, 6) is 0. The molecule has 0 aliphatic carbocycles. The molecular formula is C15H22N2O4.